The number of nitrogens with one attached hydrogen (secondary N) is 1. The summed E-state index contributed by atoms with van der Waals surface area (Å²) < 4.78 is 5.59. The number of thiophene rings is 1. The number of hydrazone groups is 1. The first-order valence-corrected chi connectivity index (χ1v) is 12.6. The van der Waals surface area contributed by atoms with Gasteiger partial charge in [-0.15, -0.1) is 11.3 Å². The third-order valence-corrected chi connectivity index (χ3v) is 7.40. The van der Waals surface area contributed by atoms with Crippen LogP contribution in [0.3, 0.4) is 0 Å². The minimum atomic E-state index is -1.18. The molecular formula is C26H26N4O4S. The van der Waals surface area contributed by atoms with Gasteiger partial charge in [-0.05, 0) is 35.6 Å². The van der Waals surface area contributed by atoms with Crippen molar-refractivity contribution in [3.05, 3.63) is 82.4 Å². The highest BCUT2D eigenvalue weighted by molar-refractivity contribution is 7.12. The Morgan fingerprint density at radius 1 is 1.17 bits per heavy atom. The predicted molar refractivity (Wildman–Crippen MR) is 132 cm³/mol. The number of hydrogen-bond acceptors (Lipinski definition) is 6. The van der Waals surface area contributed by atoms with Crippen LogP contribution in [-0.2, 0) is 15.1 Å². The smallest absolute Gasteiger partial charge is 0.325 e. The first-order valence-electron chi connectivity index (χ1n) is 11.7. The molecule has 35 heavy (non-hydrogen) atoms. The highest BCUT2D eigenvalue weighted by atomic mass is 32.1. The molecule has 0 spiro atoms. The zero-order valence-corrected chi connectivity index (χ0v) is 20.2. The van der Waals surface area contributed by atoms with Crippen LogP contribution in [0.5, 0.6) is 0 Å². The summed E-state index contributed by atoms with van der Waals surface area (Å²) in [6.07, 6.45) is 4.13. The molecule has 0 radical (unpaired) electrons. The SMILES string of the molecule is CCCCC1(c2ccccc2)NC(=O)N(CC(=O)N2N=C(c3cccs3)CC2c2ccco2)C1=O. The predicted octanol–water partition coefficient (Wildman–Crippen LogP) is 4.66. The average molecular weight is 491 g/mol. The highest BCUT2D eigenvalue weighted by Gasteiger charge is 2.52. The molecule has 2 aliphatic rings. The van der Waals surface area contributed by atoms with Crippen molar-refractivity contribution in [1.82, 2.24) is 15.2 Å². The number of rotatable bonds is 8. The molecule has 9 heteroatoms. The van der Waals surface area contributed by atoms with E-state index < -0.39 is 36.0 Å². The van der Waals surface area contributed by atoms with Gasteiger partial charge in [0.2, 0.25) is 0 Å². The summed E-state index contributed by atoms with van der Waals surface area (Å²) in [5, 5.41) is 10.8. The quantitative estimate of drug-likeness (QED) is 0.465. The topological polar surface area (TPSA) is 95.2 Å². The van der Waals surface area contributed by atoms with Crippen LogP contribution < -0.4 is 5.32 Å². The van der Waals surface area contributed by atoms with Crippen molar-refractivity contribution in [2.24, 2.45) is 5.10 Å². The van der Waals surface area contributed by atoms with Gasteiger partial charge in [0.05, 0.1) is 16.9 Å². The van der Waals surface area contributed by atoms with Gasteiger partial charge in [0, 0.05) is 6.42 Å². The van der Waals surface area contributed by atoms with Crippen molar-refractivity contribution in [2.75, 3.05) is 6.54 Å². The third kappa shape index (κ3) is 4.16. The van der Waals surface area contributed by atoms with E-state index >= 15 is 0 Å². The largest absolute Gasteiger partial charge is 0.467 e. The van der Waals surface area contributed by atoms with Crippen LogP contribution in [0.1, 0.15) is 54.8 Å². The van der Waals surface area contributed by atoms with Crippen LogP contribution in [0.4, 0.5) is 4.79 Å². The average Bonchev–Trinajstić information content (AvgIpc) is 3.67. The maximum atomic E-state index is 13.7. The van der Waals surface area contributed by atoms with Crippen LogP contribution in [0.2, 0.25) is 0 Å². The summed E-state index contributed by atoms with van der Waals surface area (Å²) >= 11 is 1.54. The van der Waals surface area contributed by atoms with Crippen LogP contribution >= 0.6 is 11.3 Å². The summed E-state index contributed by atoms with van der Waals surface area (Å²) in [7, 11) is 0. The second-order valence-electron chi connectivity index (χ2n) is 8.69. The van der Waals surface area contributed by atoms with Crippen LogP contribution in [-0.4, -0.2) is 40.0 Å². The molecule has 2 unspecified atom stereocenters. The Morgan fingerprint density at radius 2 is 2.00 bits per heavy atom. The first-order chi connectivity index (χ1) is 17.0. The molecule has 3 aromatic rings. The lowest BCUT2D eigenvalue weighted by Gasteiger charge is -2.27. The minimum absolute atomic E-state index is 0.399. The Balaban J connectivity index is 1.42. The fourth-order valence-corrected chi connectivity index (χ4v) is 5.41. The van der Waals surface area contributed by atoms with Gasteiger partial charge in [0.15, 0.2) is 0 Å². The van der Waals surface area contributed by atoms with Crippen LogP contribution in [0.25, 0.3) is 0 Å². The molecule has 1 saturated heterocycles. The van der Waals surface area contributed by atoms with Gasteiger partial charge in [0.1, 0.15) is 23.9 Å². The fourth-order valence-electron chi connectivity index (χ4n) is 4.69. The molecule has 0 saturated carbocycles. The van der Waals surface area contributed by atoms with Gasteiger partial charge in [-0.25, -0.2) is 9.80 Å². The molecule has 4 heterocycles. The minimum Gasteiger partial charge on any atom is -0.467 e. The molecule has 2 aliphatic heterocycles. The number of unbranched alkanes of at least 4 members (excludes halogenated alkanes) is 1. The molecule has 2 aromatic heterocycles. The van der Waals surface area contributed by atoms with E-state index in [9.17, 15) is 14.4 Å². The lowest BCUT2D eigenvalue weighted by atomic mass is 9.85. The maximum absolute atomic E-state index is 13.7. The molecular weight excluding hydrogens is 464 g/mol. The van der Waals surface area contributed by atoms with Crippen molar-refractivity contribution >= 4 is 34.9 Å². The number of furan rings is 1. The van der Waals surface area contributed by atoms with Gasteiger partial charge in [-0.1, -0.05) is 56.2 Å². The summed E-state index contributed by atoms with van der Waals surface area (Å²) in [4.78, 5) is 42.2. The molecule has 1 fully saturated rings. The van der Waals surface area contributed by atoms with Crippen molar-refractivity contribution in [3.8, 4) is 0 Å². The Bertz CT molecular complexity index is 1240. The van der Waals surface area contributed by atoms with Gasteiger partial charge in [-0.3, -0.25) is 14.5 Å². The van der Waals surface area contributed by atoms with E-state index in [1.807, 2.05) is 54.8 Å². The molecule has 180 valence electrons. The molecule has 0 bridgehead atoms. The zero-order chi connectivity index (χ0) is 24.4. The number of imide groups is 1. The first kappa shape index (κ1) is 23.0. The van der Waals surface area contributed by atoms with E-state index in [1.54, 1.807) is 29.7 Å². The molecule has 2 atom stereocenters. The Hall–Kier alpha value is -3.72. The number of nitrogens with zero attached hydrogens (tertiary/aromatic N) is 3. The summed E-state index contributed by atoms with van der Waals surface area (Å²) in [6.45, 7) is 1.64. The van der Waals surface area contributed by atoms with E-state index in [-0.39, 0.29) is 0 Å². The Labute approximate surface area is 207 Å². The molecule has 1 aromatic carbocycles. The standard InChI is InChI=1S/C26H26N4O4S/c1-2-3-13-26(18-9-5-4-6-10-18)24(32)29(25(33)27-26)17-23(31)30-20(21-11-7-14-34-21)16-19(28-30)22-12-8-15-35-22/h4-12,14-15,20H,2-3,13,16-17H2,1H3,(H,27,33). The number of benzene rings is 1. The van der Waals surface area contributed by atoms with Crippen molar-refractivity contribution in [2.45, 2.75) is 44.2 Å². The third-order valence-electron chi connectivity index (χ3n) is 6.48. The molecule has 0 aliphatic carbocycles. The Morgan fingerprint density at radius 3 is 2.69 bits per heavy atom. The van der Waals surface area contributed by atoms with E-state index in [4.69, 9.17) is 4.42 Å². The zero-order valence-electron chi connectivity index (χ0n) is 19.3. The van der Waals surface area contributed by atoms with Gasteiger partial charge >= 0.3 is 6.03 Å². The van der Waals surface area contributed by atoms with Gasteiger partial charge in [0.25, 0.3) is 11.8 Å². The lowest BCUT2D eigenvalue weighted by Crippen LogP contribution is -2.45. The van der Waals surface area contributed by atoms with Crippen molar-refractivity contribution < 1.29 is 18.8 Å². The number of hydrogen-bond donors (Lipinski definition) is 1. The van der Waals surface area contributed by atoms with Crippen LogP contribution in [0, 0.1) is 0 Å². The second kappa shape index (κ2) is 9.50. The van der Waals surface area contributed by atoms with Gasteiger partial charge in [-0.2, -0.15) is 5.10 Å². The molecule has 5 rings (SSSR count). The van der Waals surface area contributed by atoms with E-state index in [2.05, 4.69) is 10.4 Å². The summed E-state index contributed by atoms with van der Waals surface area (Å²) in [6, 6.07) is 15.7. The highest BCUT2D eigenvalue weighted by Crippen LogP contribution is 2.36. The number of amides is 4. The Kier molecular flexibility index (Phi) is 6.25. The van der Waals surface area contributed by atoms with E-state index in [0.717, 1.165) is 33.9 Å². The summed E-state index contributed by atoms with van der Waals surface area (Å²) in [5.41, 5.74) is 0.314. The molecule has 8 nitrogen and oxygen atoms in total. The number of carbonyl (C=O) groups is 3. The molecule has 4 amide bonds. The molecule has 1 N–H and O–H groups in total. The lowest BCUT2D eigenvalue weighted by molar-refractivity contribution is -0.140. The monoisotopic (exact) mass is 490 g/mol. The van der Waals surface area contributed by atoms with Crippen molar-refractivity contribution in [1.29, 1.82) is 0 Å². The normalized spacial score (nSPS) is 22.0. The van der Waals surface area contributed by atoms with Gasteiger partial charge < -0.3 is 9.73 Å². The van der Waals surface area contributed by atoms with Crippen molar-refractivity contribution in [3.63, 3.8) is 0 Å². The van der Waals surface area contributed by atoms with Crippen LogP contribution in [0.15, 0.2) is 75.8 Å². The number of carbonyl (C=O) groups excluding carboxylic acids is 3. The number of urea groups is 1. The van der Waals surface area contributed by atoms with E-state index in [1.165, 1.54) is 5.01 Å². The fraction of sp³-hybridized carbons (Fsp3) is 0.308. The second-order valence-corrected chi connectivity index (χ2v) is 9.64. The van der Waals surface area contributed by atoms with E-state index in [0.29, 0.717) is 18.6 Å². The maximum Gasteiger partial charge on any atom is 0.325 e. The summed E-state index contributed by atoms with van der Waals surface area (Å²) in [5.74, 6) is -0.250.